The van der Waals surface area contributed by atoms with Crippen molar-refractivity contribution >= 4 is 22.8 Å². The Kier molecular flexibility index (Phi) is 9.65. The number of benzene rings is 2. The lowest BCUT2D eigenvalue weighted by atomic mass is 10.1. The molecule has 0 spiro atoms. The van der Waals surface area contributed by atoms with Gasteiger partial charge in [0.1, 0.15) is 5.58 Å². The number of nitrogens with zero attached hydrogens (tertiary/aromatic N) is 2. The van der Waals surface area contributed by atoms with Crippen molar-refractivity contribution in [1.29, 1.82) is 0 Å². The maximum absolute atomic E-state index is 13.5. The van der Waals surface area contributed by atoms with E-state index in [0.29, 0.717) is 36.0 Å². The highest BCUT2D eigenvalue weighted by Crippen LogP contribution is 2.16. The third-order valence-corrected chi connectivity index (χ3v) is 6.13. The van der Waals surface area contributed by atoms with Gasteiger partial charge in [0.25, 0.3) is 0 Å². The van der Waals surface area contributed by atoms with E-state index in [0.717, 1.165) is 36.8 Å². The number of fused-ring (bicyclic) bond motifs is 1. The predicted octanol–water partition coefficient (Wildman–Crippen LogP) is 5.45. The second-order valence-corrected chi connectivity index (χ2v) is 9.10. The molecule has 2 aromatic carbocycles. The summed E-state index contributed by atoms with van der Waals surface area (Å²) < 4.78 is 5.72. The van der Waals surface area contributed by atoms with Crippen LogP contribution < -0.4 is 5.43 Å². The van der Waals surface area contributed by atoms with Gasteiger partial charge in [-0.15, -0.1) is 0 Å². The van der Waals surface area contributed by atoms with E-state index in [1.165, 1.54) is 6.26 Å². The summed E-state index contributed by atoms with van der Waals surface area (Å²) >= 11 is 0. The molecule has 0 saturated heterocycles. The molecule has 0 aliphatic rings. The standard InChI is InChI=1S/C29H36N2O4/c1-4-6-13-27(32)30(16-7-5-2)20-28(33)31(18-23-11-9-8-10-12-23)19-24-21-35-26-15-14-22(3)17-25(26)29(24)34/h8-12,14-15,17,21H,4-7,13,16,18-20H2,1-3H3. The highest BCUT2D eigenvalue weighted by Gasteiger charge is 2.22. The van der Waals surface area contributed by atoms with Crippen LogP contribution in [0.5, 0.6) is 0 Å². The molecule has 6 nitrogen and oxygen atoms in total. The number of amides is 2. The summed E-state index contributed by atoms with van der Waals surface area (Å²) in [4.78, 5) is 42.9. The largest absolute Gasteiger partial charge is 0.464 e. The fourth-order valence-electron chi connectivity index (χ4n) is 4.03. The van der Waals surface area contributed by atoms with Gasteiger partial charge in [-0.25, -0.2) is 0 Å². The fourth-order valence-corrected chi connectivity index (χ4v) is 4.03. The maximum atomic E-state index is 13.5. The van der Waals surface area contributed by atoms with Crippen molar-refractivity contribution in [2.75, 3.05) is 13.1 Å². The lowest BCUT2D eigenvalue weighted by Gasteiger charge is -2.28. The zero-order valence-electron chi connectivity index (χ0n) is 21.1. The van der Waals surface area contributed by atoms with E-state index in [1.54, 1.807) is 15.9 Å². The summed E-state index contributed by atoms with van der Waals surface area (Å²) in [7, 11) is 0. The quantitative estimate of drug-likeness (QED) is 0.349. The summed E-state index contributed by atoms with van der Waals surface area (Å²) in [5, 5.41) is 0.508. The van der Waals surface area contributed by atoms with Crippen molar-refractivity contribution in [2.24, 2.45) is 0 Å². The zero-order chi connectivity index (χ0) is 25.2. The monoisotopic (exact) mass is 476 g/mol. The Hall–Kier alpha value is -3.41. The van der Waals surface area contributed by atoms with Gasteiger partial charge in [0.05, 0.1) is 30.3 Å². The van der Waals surface area contributed by atoms with Gasteiger partial charge in [0.2, 0.25) is 11.8 Å². The van der Waals surface area contributed by atoms with E-state index < -0.39 is 0 Å². The number of carbonyl (C=O) groups excluding carboxylic acids is 2. The Morgan fingerprint density at radius 3 is 2.34 bits per heavy atom. The van der Waals surface area contributed by atoms with Gasteiger partial charge >= 0.3 is 0 Å². The number of rotatable bonds is 12. The molecule has 3 aromatic rings. The van der Waals surface area contributed by atoms with E-state index in [1.807, 2.05) is 56.3 Å². The minimum absolute atomic E-state index is 0.00735. The summed E-state index contributed by atoms with van der Waals surface area (Å²) in [6.07, 6.45) is 5.42. The Morgan fingerprint density at radius 1 is 0.886 bits per heavy atom. The molecule has 0 saturated carbocycles. The average Bonchev–Trinajstić information content (AvgIpc) is 2.87. The van der Waals surface area contributed by atoms with Crippen molar-refractivity contribution in [2.45, 2.75) is 66.0 Å². The van der Waals surface area contributed by atoms with Crippen LogP contribution in [0, 0.1) is 6.92 Å². The lowest BCUT2D eigenvalue weighted by Crippen LogP contribution is -2.43. The topological polar surface area (TPSA) is 70.8 Å². The van der Waals surface area contributed by atoms with Gasteiger partial charge in [0.15, 0.2) is 5.43 Å². The SMILES string of the molecule is CCCCC(=O)N(CCCC)CC(=O)N(Cc1ccccc1)Cc1coc2ccc(C)cc2c1=O. The molecule has 0 atom stereocenters. The van der Waals surface area contributed by atoms with Crippen molar-refractivity contribution < 1.29 is 14.0 Å². The van der Waals surface area contributed by atoms with Gasteiger partial charge in [-0.3, -0.25) is 14.4 Å². The number of unbranched alkanes of at least 4 members (excludes halogenated alkanes) is 2. The van der Waals surface area contributed by atoms with E-state index in [-0.39, 0.29) is 30.3 Å². The van der Waals surface area contributed by atoms with Crippen LogP contribution in [0.15, 0.2) is 64.0 Å². The molecule has 0 aliphatic carbocycles. The van der Waals surface area contributed by atoms with Crippen LogP contribution in [-0.4, -0.2) is 34.7 Å². The van der Waals surface area contributed by atoms with E-state index in [9.17, 15) is 14.4 Å². The fraction of sp³-hybridized carbons (Fsp3) is 0.414. The first-order chi connectivity index (χ1) is 16.9. The van der Waals surface area contributed by atoms with Crippen LogP contribution >= 0.6 is 0 Å². The van der Waals surface area contributed by atoms with Gasteiger partial charge in [0, 0.05) is 19.5 Å². The Bertz CT molecular complexity index is 1190. The smallest absolute Gasteiger partial charge is 0.242 e. The molecule has 0 bridgehead atoms. The third-order valence-electron chi connectivity index (χ3n) is 6.13. The number of aryl methyl sites for hydroxylation is 1. The molecule has 2 amide bonds. The van der Waals surface area contributed by atoms with Gasteiger partial charge in [-0.05, 0) is 37.5 Å². The van der Waals surface area contributed by atoms with Crippen molar-refractivity contribution in [1.82, 2.24) is 9.80 Å². The molecular weight excluding hydrogens is 440 g/mol. The Morgan fingerprint density at radius 2 is 1.63 bits per heavy atom. The first-order valence-electron chi connectivity index (χ1n) is 12.5. The predicted molar refractivity (Wildman–Crippen MR) is 139 cm³/mol. The molecule has 1 heterocycles. The van der Waals surface area contributed by atoms with Crippen LogP contribution in [0.25, 0.3) is 11.0 Å². The third kappa shape index (κ3) is 7.28. The van der Waals surface area contributed by atoms with Crippen LogP contribution in [0.4, 0.5) is 0 Å². The minimum atomic E-state index is -0.182. The van der Waals surface area contributed by atoms with E-state index in [2.05, 4.69) is 6.92 Å². The maximum Gasteiger partial charge on any atom is 0.242 e. The molecule has 3 rings (SSSR count). The zero-order valence-corrected chi connectivity index (χ0v) is 21.1. The van der Waals surface area contributed by atoms with Crippen molar-refractivity contribution in [3.8, 4) is 0 Å². The molecule has 0 fully saturated rings. The normalized spacial score (nSPS) is 10.9. The summed E-state index contributed by atoms with van der Waals surface area (Å²) in [6.45, 7) is 7.07. The molecule has 0 radical (unpaired) electrons. The summed E-state index contributed by atoms with van der Waals surface area (Å²) in [5.74, 6) is -0.174. The van der Waals surface area contributed by atoms with Crippen LogP contribution in [-0.2, 0) is 22.7 Å². The molecule has 6 heteroatoms. The summed E-state index contributed by atoms with van der Waals surface area (Å²) in [5.41, 5.74) is 2.74. The molecule has 0 aliphatic heterocycles. The van der Waals surface area contributed by atoms with Crippen LogP contribution in [0.3, 0.4) is 0 Å². The summed E-state index contributed by atoms with van der Waals surface area (Å²) in [6, 6.07) is 15.2. The molecule has 35 heavy (non-hydrogen) atoms. The highest BCUT2D eigenvalue weighted by molar-refractivity contribution is 5.85. The number of carbonyl (C=O) groups is 2. The molecular formula is C29H36N2O4. The molecule has 0 unspecified atom stereocenters. The van der Waals surface area contributed by atoms with Crippen LogP contribution in [0.2, 0.25) is 0 Å². The van der Waals surface area contributed by atoms with Crippen molar-refractivity contribution in [3.63, 3.8) is 0 Å². The second kappa shape index (κ2) is 12.9. The van der Waals surface area contributed by atoms with Gasteiger partial charge < -0.3 is 14.2 Å². The first kappa shape index (κ1) is 26.2. The van der Waals surface area contributed by atoms with E-state index >= 15 is 0 Å². The van der Waals surface area contributed by atoms with Crippen molar-refractivity contribution in [3.05, 3.63) is 81.7 Å². The highest BCUT2D eigenvalue weighted by atomic mass is 16.3. The van der Waals surface area contributed by atoms with Crippen LogP contribution in [0.1, 0.15) is 62.6 Å². The lowest BCUT2D eigenvalue weighted by molar-refractivity contribution is -0.141. The molecule has 186 valence electrons. The Balaban J connectivity index is 1.88. The van der Waals surface area contributed by atoms with E-state index in [4.69, 9.17) is 4.42 Å². The number of hydrogen-bond acceptors (Lipinski definition) is 4. The van der Waals surface area contributed by atoms with Gasteiger partial charge in [-0.2, -0.15) is 0 Å². The molecule has 1 aromatic heterocycles. The minimum Gasteiger partial charge on any atom is -0.464 e. The average molecular weight is 477 g/mol. The Labute approximate surface area is 207 Å². The number of hydrogen-bond donors (Lipinski definition) is 0. The second-order valence-electron chi connectivity index (χ2n) is 9.10. The van der Waals surface area contributed by atoms with Gasteiger partial charge in [-0.1, -0.05) is 68.7 Å². The first-order valence-corrected chi connectivity index (χ1v) is 12.5. The molecule has 0 N–H and O–H groups in total.